The molecule has 0 aromatic heterocycles. The van der Waals surface area contributed by atoms with Crippen molar-refractivity contribution in [2.24, 2.45) is 0 Å². The second-order valence-electron chi connectivity index (χ2n) is 5.24. The van der Waals surface area contributed by atoms with Gasteiger partial charge in [-0.05, 0) is 59.9 Å². The molecule has 1 aliphatic carbocycles. The third-order valence-corrected chi connectivity index (χ3v) is 4.13. The second kappa shape index (κ2) is 6.93. The molecule has 0 fully saturated rings. The van der Waals surface area contributed by atoms with Gasteiger partial charge in [0.25, 0.3) is 0 Å². The average molecular weight is 326 g/mol. The molecule has 3 heteroatoms. The fourth-order valence-corrected chi connectivity index (χ4v) is 2.90. The Morgan fingerprint density at radius 1 is 0.913 bits per heavy atom. The van der Waals surface area contributed by atoms with E-state index < -0.39 is 0 Å². The lowest BCUT2D eigenvalue weighted by atomic mass is 9.86. The van der Waals surface area contributed by atoms with E-state index in [1.165, 1.54) is 0 Å². The molecule has 0 N–H and O–H groups in total. The van der Waals surface area contributed by atoms with Crippen LogP contribution in [0.15, 0.2) is 60.4 Å². The molecule has 117 valence electrons. The molecule has 0 saturated heterocycles. The maximum atomic E-state index is 6.03. The quantitative estimate of drug-likeness (QED) is 0.749. The Balaban J connectivity index is 2.17. The maximum absolute atomic E-state index is 6.03. The monoisotopic (exact) mass is 325 g/mol. The summed E-state index contributed by atoms with van der Waals surface area (Å²) in [7, 11) is 3.38. The van der Waals surface area contributed by atoms with Crippen molar-refractivity contribution in [3.63, 3.8) is 0 Å². The fourth-order valence-electron chi connectivity index (χ4n) is 2.77. The van der Waals surface area contributed by atoms with Crippen LogP contribution in [0, 0.1) is 6.42 Å². The predicted molar refractivity (Wildman–Crippen MR) is 95.3 cm³/mol. The zero-order chi connectivity index (χ0) is 16.2. The topological polar surface area (TPSA) is 18.5 Å². The highest BCUT2D eigenvalue weighted by Crippen LogP contribution is 2.39. The predicted octanol–water partition coefficient (Wildman–Crippen LogP) is 5.40. The summed E-state index contributed by atoms with van der Waals surface area (Å²) in [6, 6.07) is 15.9. The van der Waals surface area contributed by atoms with Crippen molar-refractivity contribution in [2.75, 3.05) is 14.2 Å². The van der Waals surface area contributed by atoms with Gasteiger partial charge in [-0.15, -0.1) is 0 Å². The van der Waals surface area contributed by atoms with Gasteiger partial charge in [-0.2, -0.15) is 0 Å². The molecule has 0 aliphatic heterocycles. The summed E-state index contributed by atoms with van der Waals surface area (Å²) in [5, 5.41) is 0.722. The molecule has 0 saturated carbocycles. The summed E-state index contributed by atoms with van der Waals surface area (Å²) < 4.78 is 11.0. The molecule has 0 atom stereocenters. The Morgan fingerprint density at radius 3 is 2.39 bits per heavy atom. The summed E-state index contributed by atoms with van der Waals surface area (Å²) in [6.07, 6.45) is 5.14. The standard InChI is InChI=1S/C20H18ClO2/c1-22-17-6-3-5-15(13-17)18-7-4-8-19(23-2)20(18)14-9-11-16(21)12-10-14/h3,5-13H,4H2,1-2H3. The first kappa shape index (κ1) is 15.7. The first-order valence-corrected chi connectivity index (χ1v) is 7.83. The highest BCUT2D eigenvalue weighted by atomic mass is 35.5. The highest BCUT2D eigenvalue weighted by molar-refractivity contribution is 6.30. The lowest BCUT2D eigenvalue weighted by Crippen LogP contribution is -2.03. The van der Waals surface area contributed by atoms with Crippen LogP contribution in [0.4, 0.5) is 0 Å². The summed E-state index contributed by atoms with van der Waals surface area (Å²) in [6.45, 7) is 0. The molecule has 2 aromatic carbocycles. The minimum Gasteiger partial charge on any atom is -0.497 e. The van der Waals surface area contributed by atoms with Crippen LogP contribution in [0.25, 0.3) is 11.1 Å². The third kappa shape index (κ3) is 3.27. The SMILES string of the molecule is COC1=CC[CH]C(c2cccc(OC)c2)=C1c1ccc(Cl)cc1. The van der Waals surface area contributed by atoms with Crippen LogP contribution < -0.4 is 4.74 Å². The number of rotatable bonds is 4. The van der Waals surface area contributed by atoms with E-state index in [1.807, 2.05) is 42.5 Å². The minimum atomic E-state index is 0.722. The van der Waals surface area contributed by atoms with Crippen LogP contribution in [0.3, 0.4) is 0 Å². The molecular formula is C20H18ClO2. The number of halogens is 1. The maximum Gasteiger partial charge on any atom is 0.123 e. The van der Waals surface area contributed by atoms with Gasteiger partial charge in [0.1, 0.15) is 11.5 Å². The smallest absolute Gasteiger partial charge is 0.123 e. The second-order valence-corrected chi connectivity index (χ2v) is 5.68. The first-order valence-electron chi connectivity index (χ1n) is 7.45. The molecule has 0 bridgehead atoms. The number of allylic oxidation sites excluding steroid dienone is 3. The van der Waals surface area contributed by atoms with Crippen molar-refractivity contribution in [3.8, 4) is 5.75 Å². The van der Waals surface area contributed by atoms with Crippen molar-refractivity contribution in [1.29, 1.82) is 0 Å². The van der Waals surface area contributed by atoms with Crippen LogP contribution in [0.2, 0.25) is 5.02 Å². The van der Waals surface area contributed by atoms with Crippen molar-refractivity contribution >= 4 is 22.7 Å². The Morgan fingerprint density at radius 2 is 1.70 bits per heavy atom. The summed E-state index contributed by atoms with van der Waals surface area (Å²) in [5.41, 5.74) is 4.41. The molecule has 0 unspecified atom stereocenters. The van der Waals surface area contributed by atoms with E-state index in [0.29, 0.717) is 0 Å². The zero-order valence-corrected chi connectivity index (χ0v) is 13.9. The van der Waals surface area contributed by atoms with Crippen LogP contribution >= 0.6 is 11.6 Å². The molecule has 0 spiro atoms. The number of hydrogen-bond acceptors (Lipinski definition) is 2. The Labute approximate surface area is 142 Å². The molecule has 3 rings (SSSR count). The van der Waals surface area contributed by atoms with Crippen molar-refractivity contribution in [1.82, 2.24) is 0 Å². The molecule has 1 aliphatic rings. The largest absolute Gasteiger partial charge is 0.497 e. The summed E-state index contributed by atoms with van der Waals surface area (Å²) in [5.74, 6) is 1.72. The van der Waals surface area contributed by atoms with E-state index in [0.717, 1.165) is 45.2 Å². The van der Waals surface area contributed by atoms with Gasteiger partial charge >= 0.3 is 0 Å². The van der Waals surface area contributed by atoms with E-state index in [1.54, 1.807) is 14.2 Å². The molecule has 0 amide bonds. The number of benzene rings is 2. The van der Waals surface area contributed by atoms with Crippen molar-refractivity contribution in [3.05, 3.63) is 82.9 Å². The van der Waals surface area contributed by atoms with Crippen LogP contribution in [0.1, 0.15) is 17.5 Å². The molecular weight excluding hydrogens is 308 g/mol. The fraction of sp³-hybridized carbons (Fsp3) is 0.150. The number of hydrogen-bond donors (Lipinski definition) is 0. The van der Waals surface area contributed by atoms with Crippen molar-refractivity contribution in [2.45, 2.75) is 6.42 Å². The van der Waals surface area contributed by atoms with Gasteiger partial charge in [-0.1, -0.05) is 35.9 Å². The number of methoxy groups -OCH3 is 2. The van der Waals surface area contributed by atoms with Gasteiger partial charge < -0.3 is 9.47 Å². The van der Waals surface area contributed by atoms with E-state index in [2.05, 4.69) is 18.6 Å². The van der Waals surface area contributed by atoms with Crippen LogP contribution in [-0.2, 0) is 4.74 Å². The van der Waals surface area contributed by atoms with E-state index in [-0.39, 0.29) is 0 Å². The Kier molecular flexibility index (Phi) is 4.73. The highest BCUT2D eigenvalue weighted by Gasteiger charge is 2.20. The van der Waals surface area contributed by atoms with Gasteiger partial charge in [-0.3, -0.25) is 0 Å². The minimum absolute atomic E-state index is 0.722. The average Bonchev–Trinajstić information content (AvgIpc) is 2.62. The first-order chi connectivity index (χ1) is 11.2. The van der Waals surface area contributed by atoms with E-state index >= 15 is 0 Å². The lowest BCUT2D eigenvalue weighted by molar-refractivity contribution is 0.309. The summed E-state index contributed by atoms with van der Waals surface area (Å²) >= 11 is 6.03. The van der Waals surface area contributed by atoms with Crippen molar-refractivity contribution < 1.29 is 9.47 Å². The number of ether oxygens (including phenoxy) is 2. The Bertz CT molecular complexity index is 757. The van der Waals surface area contributed by atoms with Gasteiger partial charge in [0.05, 0.1) is 14.2 Å². The lowest BCUT2D eigenvalue weighted by Gasteiger charge is -2.22. The third-order valence-electron chi connectivity index (χ3n) is 3.87. The molecule has 1 radical (unpaired) electrons. The van der Waals surface area contributed by atoms with E-state index in [4.69, 9.17) is 21.1 Å². The normalized spacial score (nSPS) is 14.5. The molecule has 0 heterocycles. The van der Waals surface area contributed by atoms with Crippen LogP contribution in [-0.4, -0.2) is 14.2 Å². The van der Waals surface area contributed by atoms with E-state index in [9.17, 15) is 0 Å². The van der Waals surface area contributed by atoms with Gasteiger partial charge in [-0.25, -0.2) is 0 Å². The molecule has 23 heavy (non-hydrogen) atoms. The van der Waals surface area contributed by atoms with Gasteiger partial charge in [0.2, 0.25) is 0 Å². The molecule has 2 nitrogen and oxygen atoms in total. The molecule has 2 aromatic rings. The zero-order valence-electron chi connectivity index (χ0n) is 13.2. The van der Waals surface area contributed by atoms with Crippen LogP contribution in [0.5, 0.6) is 5.75 Å². The Hall–Kier alpha value is -2.19. The van der Waals surface area contributed by atoms with Gasteiger partial charge in [0, 0.05) is 10.6 Å². The summed E-state index contributed by atoms with van der Waals surface area (Å²) in [4.78, 5) is 0. The van der Waals surface area contributed by atoms with Gasteiger partial charge in [0.15, 0.2) is 0 Å².